The molecule has 0 aliphatic heterocycles. The van der Waals surface area contributed by atoms with E-state index in [1.54, 1.807) is 14.2 Å². The summed E-state index contributed by atoms with van der Waals surface area (Å²) in [6.45, 7) is 4.89. The molecule has 1 unspecified atom stereocenters. The highest BCUT2D eigenvalue weighted by atomic mass is 16.5. The van der Waals surface area contributed by atoms with Crippen LogP contribution in [0.2, 0.25) is 0 Å². The zero-order chi connectivity index (χ0) is 12.8. The highest BCUT2D eigenvalue weighted by Crippen LogP contribution is 2.36. The van der Waals surface area contributed by atoms with Crippen LogP contribution in [0.1, 0.15) is 36.8 Å². The standard InChI is InChI=1S/C14H23NO2/c1-5-11(6-7-15)12-9-13(16-3)10(2)8-14(12)17-4/h8-9,11H,5-7,15H2,1-4H3. The molecular weight excluding hydrogens is 214 g/mol. The fraction of sp³-hybridized carbons (Fsp3) is 0.571. The van der Waals surface area contributed by atoms with Gasteiger partial charge in [0.05, 0.1) is 14.2 Å². The lowest BCUT2D eigenvalue weighted by Gasteiger charge is -2.19. The lowest BCUT2D eigenvalue weighted by molar-refractivity contribution is 0.391. The van der Waals surface area contributed by atoms with Crippen molar-refractivity contribution in [3.05, 3.63) is 23.3 Å². The Labute approximate surface area is 104 Å². The summed E-state index contributed by atoms with van der Waals surface area (Å²) in [5.74, 6) is 2.28. The second-order valence-electron chi connectivity index (χ2n) is 4.25. The van der Waals surface area contributed by atoms with E-state index in [2.05, 4.69) is 13.0 Å². The van der Waals surface area contributed by atoms with Crippen molar-refractivity contribution in [2.45, 2.75) is 32.6 Å². The zero-order valence-corrected chi connectivity index (χ0v) is 11.2. The van der Waals surface area contributed by atoms with Crippen LogP contribution in [0.3, 0.4) is 0 Å². The molecule has 2 N–H and O–H groups in total. The summed E-state index contributed by atoms with van der Waals surface area (Å²) in [6.07, 6.45) is 2.03. The number of hydrogen-bond acceptors (Lipinski definition) is 3. The minimum atomic E-state index is 0.435. The molecule has 0 spiro atoms. The molecule has 0 bridgehead atoms. The van der Waals surface area contributed by atoms with Gasteiger partial charge in [0, 0.05) is 5.56 Å². The monoisotopic (exact) mass is 237 g/mol. The molecule has 0 saturated carbocycles. The topological polar surface area (TPSA) is 44.5 Å². The van der Waals surface area contributed by atoms with Gasteiger partial charge in [0.1, 0.15) is 11.5 Å². The number of nitrogens with two attached hydrogens (primary N) is 1. The van der Waals surface area contributed by atoms with Crippen LogP contribution in [0, 0.1) is 6.92 Å². The molecule has 0 amide bonds. The summed E-state index contributed by atoms with van der Waals surface area (Å²) in [5, 5.41) is 0. The van der Waals surface area contributed by atoms with E-state index in [4.69, 9.17) is 15.2 Å². The van der Waals surface area contributed by atoms with Crippen molar-refractivity contribution in [3.63, 3.8) is 0 Å². The van der Waals surface area contributed by atoms with E-state index in [1.807, 2.05) is 13.0 Å². The number of aryl methyl sites for hydroxylation is 1. The van der Waals surface area contributed by atoms with Crippen LogP contribution in [0.4, 0.5) is 0 Å². The van der Waals surface area contributed by atoms with Gasteiger partial charge in [-0.05, 0) is 49.9 Å². The Balaban J connectivity index is 3.18. The molecule has 0 aromatic heterocycles. The van der Waals surface area contributed by atoms with Gasteiger partial charge in [-0.3, -0.25) is 0 Å². The third-order valence-corrected chi connectivity index (χ3v) is 3.19. The molecule has 3 nitrogen and oxygen atoms in total. The fourth-order valence-electron chi connectivity index (χ4n) is 2.17. The highest BCUT2D eigenvalue weighted by Gasteiger charge is 2.16. The molecule has 0 aliphatic carbocycles. The molecule has 1 rings (SSSR count). The Morgan fingerprint density at radius 2 is 1.82 bits per heavy atom. The second-order valence-corrected chi connectivity index (χ2v) is 4.25. The molecule has 1 aromatic carbocycles. The molecule has 17 heavy (non-hydrogen) atoms. The van der Waals surface area contributed by atoms with Crippen LogP contribution >= 0.6 is 0 Å². The second kappa shape index (κ2) is 6.50. The summed E-state index contributed by atoms with van der Waals surface area (Å²) in [5.41, 5.74) is 7.95. The Morgan fingerprint density at radius 1 is 1.18 bits per heavy atom. The van der Waals surface area contributed by atoms with E-state index in [9.17, 15) is 0 Å². The van der Waals surface area contributed by atoms with Crippen molar-refractivity contribution in [1.82, 2.24) is 0 Å². The van der Waals surface area contributed by atoms with E-state index in [0.717, 1.165) is 29.9 Å². The van der Waals surface area contributed by atoms with Gasteiger partial charge < -0.3 is 15.2 Å². The van der Waals surface area contributed by atoms with Gasteiger partial charge in [-0.1, -0.05) is 6.92 Å². The number of hydrogen-bond donors (Lipinski definition) is 1. The molecule has 1 aromatic rings. The Kier molecular flexibility index (Phi) is 5.29. The van der Waals surface area contributed by atoms with Crippen molar-refractivity contribution >= 4 is 0 Å². The van der Waals surface area contributed by atoms with E-state index < -0.39 is 0 Å². The lowest BCUT2D eigenvalue weighted by atomic mass is 9.91. The van der Waals surface area contributed by atoms with Crippen LogP contribution in [0.15, 0.2) is 12.1 Å². The lowest BCUT2D eigenvalue weighted by Crippen LogP contribution is -2.08. The van der Waals surface area contributed by atoms with Crippen molar-refractivity contribution in [2.24, 2.45) is 5.73 Å². The maximum Gasteiger partial charge on any atom is 0.122 e. The Bertz CT molecular complexity index is 363. The molecule has 0 heterocycles. The highest BCUT2D eigenvalue weighted by molar-refractivity contribution is 5.47. The van der Waals surface area contributed by atoms with Crippen LogP contribution in [0.25, 0.3) is 0 Å². The molecule has 96 valence electrons. The predicted octanol–water partition coefficient (Wildman–Crippen LogP) is 2.85. The molecule has 1 atom stereocenters. The van der Waals surface area contributed by atoms with Gasteiger partial charge in [-0.15, -0.1) is 0 Å². The van der Waals surface area contributed by atoms with Crippen LogP contribution in [-0.4, -0.2) is 20.8 Å². The average Bonchev–Trinajstić information content (AvgIpc) is 2.35. The summed E-state index contributed by atoms with van der Waals surface area (Å²) in [4.78, 5) is 0. The molecule has 0 saturated heterocycles. The number of ether oxygens (including phenoxy) is 2. The van der Waals surface area contributed by atoms with Crippen LogP contribution in [0.5, 0.6) is 11.5 Å². The SMILES string of the molecule is CCC(CCN)c1cc(OC)c(C)cc1OC. The average molecular weight is 237 g/mol. The normalized spacial score (nSPS) is 12.3. The third-order valence-electron chi connectivity index (χ3n) is 3.19. The Morgan fingerprint density at radius 3 is 2.29 bits per heavy atom. The van der Waals surface area contributed by atoms with E-state index >= 15 is 0 Å². The first kappa shape index (κ1) is 13.8. The predicted molar refractivity (Wildman–Crippen MR) is 71.0 cm³/mol. The first-order valence-electron chi connectivity index (χ1n) is 6.10. The minimum absolute atomic E-state index is 0.435. The van der Waals surface area contributed by atoms with Gasteiger partial charge in [-0.25, -0.2) is 0 Å². The molecule has 3 heteroatoms. The van der Waals surface area contributed by atoms with Gasteiger partial charge in [0.25, 0.3) is 0 Å². The van der Waals surface area contributed by atoms with Crippen molar-refractivity contribution < 1.29 is 9.47 Å². The quantitative estimate of drug-likeness (QED) is 0.827. The van der Waals surface area contributed by atoms with Crippen molar-refractivity contribution in [2.75, 3.05) is 20.8 Å². The molecule has 0 radical (unpaired) electrons. The molecule has 0 aliphatic rings. The van der Waals surface area contributed by atoms with Crippen molar-refractivity contribution in [1.29, 1.82) is 0 Å². The fourth-order valence-corrected chi connectivity index (χ4v) is 2.17. The summed E-state index contributed by atoms with van der Waals surface area (Å²) in [7, 11) is 3.41. The number of methoxy groups -OCH3 is 2. The van der Waals surface area contributed by atoms with E-state index in [-0.39, 0.29) is 0 Å². The zero-order valence-electron chi connectivity index (χ0n) is 11.2. The molecular formula is C14H23NO2. The van der Waals surface area contributed by atoms with Crippen LogP contribution < -0.4 is 15.2 Å². The summed E-state index contributed by atoms with van der Waals surface area (Å²) in [6, 6.07) is 4.12. The van der Waals surface area contributed by atoms with Gasteiger partial charge in [0.15, 0.2) is 0 Å². The largest absolute Gasteiger partial charge is 0.496 e. The van der Waals surface area contributed by atoms with E-state index in [0.29, 0.717) is 12.5 Å². The number of rotatable bonds is 6. The van der Waals surface area contributed by atoms with Crippen molar-refractivity contribution in [3.8, 4) is 11.5 Å². The van der Waals surface area contributed by atoms with Gasteiger partial charge in [-0.2, -0.15) is 0 Å². The number of benzene rings is 1. The first-order chi connectivity index (χ1) is 8.17. The van der Waals surface area contributed by atoms with Crippen LogP contribution in [-0.2, 0) is 0 Å². The minimum Gasteiger partial charge on any atom is -0.496 e. The summed E-state index contributed by atoms with van der Waals surface area (Å²) >= 11 is 0. The Hall–Kier alpha value is -1.22. The van der Waals surface area contributed by atoms with E-state index in [1.165, 1.54) is 5.56 Å². The van der Waals surface area contributed by atoms with Gasteiger partial charge >= 0.3 is 0 Å². The molecule has 0 fully saturated rings. The third kappa shape index (κ3) is 3.13. The summed E-state index contributed by atoms with van der Waals surface area (Å²) < 4.78 is 10.8. The smallest absolute Gasteiger partial charge is 0.122 e. The van der Waals surface area contributed by atoms with Gasteiger partial charge in [0.2, 0.25) is 0 Å². The maximum absolute atomic E-state index is 5.66. The maximum atomic E-state index is 5.66. The first-order valence-corrected chi connectivity index (χ1v) is 6.10.